The molecule has 178 valence electrons. The van der Waals surface area contributed by atoms with Crippen molar-refractivity contribution in [1.29, 1.82) is 0 Å². The van der Waals surface area contributed by atoms with E-state index in [9.17, 15) is 22.8 Å². The van der Waals surface area contributed by atoms with Crippen molar-refractivity contribution in [3.63, 3.8) is 0 Å². The summed E-state index contributed by atoms with van der Waals surface area (Å²) < 4.78 is 28.1. The van der Waals surface area contributed by atoms with Crippen molar-refractivity contribution in [2.45, 2.75) is 62.7 Å². The molecular weight excluding hydrogens is 444 g/mol. The molecule has 0 spiro atoms. The standard InChI is InChI=1S/C23H30N4O5S/c28-21(12-14-27-22(29)18-9-3-4-10-19(18)23(27)30)25-16-7-6-8-17(15-16)33(31,32)26-20-11-2-1-5-13-24-20/h6-8,15,18-19H,1-5,9-14H2,(H,24,26)(H,25,28). The third kappa shape index (κ3) is 5.43. The molecule has 1 aliphatic carbocycles. The fourth-order valence-corrected chi connectivity index (χ4v) is 5.94. The number of sulfonamides is 1. The average molecular weight is 475 g/mol. The Hall–Kier alpha value is -2.75. The van der Waals surface area contributed by atoms with Crippen molar-refractivity contribution in [1.82, 2.24) is 9.62 Å². The predicted octanol–water partition coefficient (Wildman–Crippen LogP) is 2.44. The van der Waals surface area contributed by atoms with E-state index in [1.165, 1.54) is 17.0 Å². The summed E-state index contributed by atoms with van der Waals surface area (Å²) in [6.45, 7) is 0.646. The summed E-state index contributed by atoms with van der Waals surface area (Å²) >= 11 is 0. The summed E-state index contributed by atoms with van der Waals surface area (Å²) in [5.41, 5.74) is 0.332. The number of nitrogens with zero attached hydrogens (tertiary/aromatic N) is 2. The van der Waals surface area contributed by atoms with Gasteiger partial charge in [-0.15, -0.1) is 0 Å². The first kappa shape index (κ1) is 23.4. The Morgan fingerprint density at radius 1 is 1.03 bits per heavy atom. The molecule has 0 aromatic heterocycles. The topological polar surface area (TPSA) is 125 Å². The number of anilines is 1. The highest BCUT2D eigenvalue weighted by Gasteiger charge is 2.47. The zero-order valence-electron chi connectivity index (χ0n) is 18.6. The van der Waals surface area contributed by atoms with Gasteiger partial charge in [0.15, 0.2) is 0 Å². The van der Waals surface area contributed by atoms with Gasteiger partial charge in [-0.3, -0.25) is 29.0 Å². The van der Waals surface area contributed by atoms with Crippen molar-refractivity contribution < 1.29 is 22.8 Å². The van der Waals surface area contributed by atoms with Crippen molar-refractivity contribution in [2.24, 2.45) is 16.8 Å². The molecule has 2 fully saturated rings. The first-order chi connectivity index (χ1) is 15.8. The van der Waals surface area contributed by atoms with Crippen molar-refractivity contribution in [3.8, 4) is 0 Å². The number of carbonyl (C=O) groups is 3. The molecule has 4 rings (SSSR count). The van der Waals surface area contributed by atoms with Crippen LogP contribution in [-0.4, -0.2) is 50.0 Å². The van der Waals surface area contributed by atoms with Gasteiger partial charge in [0.25, 0.3) is 10.0 Å². The molecule has 1 aromatic rings. The average Bonchev–Trinajstić information content (AvgIpc) is 2.95. The van der Waals surface area contributed by atoms with E-state index in [1.807, 2.05) is 0 Å². The van der Waals surface area contributed by atoms with Gasteiger partial charge in [0.05, 0.1) is 16.7 Å². The zero-order chi connectivity index (χ0) is 23.4. The molecule has 33 heavy (non-hydrogen) atoms. The number of benzene rings is 1. The monoisotopic (exact) mass is 474 g/mol. The van der Waals surface area contributed by atoms with Crippen LogP contribution >= 0.6 is 0 Å². The van der Waals surface area contributed by atoms with Gasteiger partial charge in [-0.25, -0.2) is 8.42 Å². The molecule has 3 amide bonds. The molecule has 2 unspecified atom stereocenters. The van der Waals surface area contributed by atoms with Gasteiger partial charge < -0.3 is 5.32 Å². The quantitative estimate of drug-likeness (QED) is 0.613. The highest BCUT2D eigenvalue weighted by Crippen LogP contribution is 2.38. The molecule has 1 saturated heterocycles. The Morgan fingerprint density at radius 2 is 1.76 bits per heavy atom. The molecule has 1 saturated carbocycles. The van der Waals surface area contributed by atoms with Crippen LogP contribution < -0.4 is 10.0 Å². The molecule has 2 N–H and O–H groups in total. The van der Waals surface area contributed by atoms with Gasteiger partial charge in [-0.1, -0.05) is 25.3 Å². The number of rotatable bonds is 6. The predicted molar refractivity (Wildman–Crippen MR) is 123 cm³/mol. The van der Waals surface area contributed by atoms with Crippen molar-refractivity contribution in [2.75, 3.05) is 18.4 Å². The van der Waals surface area contributed by atoms with Gasteiger partial charge in [0.2, 0.25) is 17.7 Å². The van der Waals surface area contributed by atoms with Gasteiger partial charge in [-0.05, 0) is 43.9 Å². The van der Waals surface area contributed by atoms with Crippen LogP contribution in [0.3, 0.4) is 0 Å². The first-order valence-electron chi connectivity index (χ1n) is 11.7. The van der Waals surface area contributed by atoms with Gasteiger partial charge >= 0.3 is 0 Å². The molecular formula is C23H30N4O5S. The van der Waals surface area contributed by atoms with E-state index in [-0.39, 0.29) is 47.4 Å². The summed E-state index contributed by atoms with van der Waals surface area (Å²) in [6.07, 6.45) is 6.79. The van der Waals surface area contributed by atoms with Gasteiger partial charge in [0, 0.05) is 31.6 Å². The minimum atomic E-state index is -3.82. The number of aliphatic imine (C=N–C) groups is 1. The number of amides is 3. The molecule has 0 radical (unpaired) electrons. The van der Waals surface area contributed by atoms with Crippen LogP contribution in [-0.2, 0) is 24.4 Å². The van der Waals surface area contributed by atoms with E-state index < -0.39 is 10.0 Å². The summed E-state index contributed by atoms with van der Waals surface area (Å²) in [5.74, 6) is -0.733. The molecule has 0 bridgehead atoms. The molecule has 3 aliphatic rings. The van der Waals surface area contributed by atoms with E-state index in [1.54, 1.807) is 12.1 Å². The fraction of sp³-hybridized carbons (Fsp3) is 0.565. The number of hydrogen-bond acceptors (Lipinski definition) is 6. The summed E-state index contributed by atoms with van der Waals surface area (Å²) in [7, 11) is -3.82. The molecule has 10 heteroatoms. The lowest BCUT2D eigenvalue weighted by Crippen LogP contribution is -2.34. The lowest BCUT2D eigenvalue weighted by molar-refractivity contribution is -0.140. The maximum atomic E-state index is 12.8. The SMILES string of the molecule is O=C(CCN1C(=O)C2CCCCC2C1=O)Nc1cccc(S(=O)(=O)NC2=NCCCCC2)c1. The zero-order valence-corrected chi connectivity index (χ0v) is 19.4. The second-order valence-corrected chi connectivity index (χ2v) is 10.6. The van der Waals surface area contributed by atoms with E-state index in [0.29, 0.717) is 24.5 Å². The second kappa shape index (κ2) is 10.0. The Labute approximate surface area is 194 Å². The summed E-state index contributed by atoms with van der Waals surface area (Å²) in [6, 6.07) is 5.99. The third-order valence-electron chi connectivity index (χ3n) is 6.55. The van der Waals surface area contributed by atoms with Crippen LogP contribution in [0.5, 0.6) is 0 Å². The highest BCUT2D eigenvalue weighted by atomic mass is 32.2. The van der Waals surface area contributed by atoms with Gasteiger partial charge in [0.1, 0.15) is 5.84 Å². The Kier molecular flexibility index (Phi) is 7.11. The number of carbonyl (C=O) groups excluding carboxylic acids is 3. The Bertz CT molecular complexity index is 1040. The number of nitrogens with one attached hydrogen (secondary N) is 2. The second-order valence-electron chi connectivity index (χ2n) is 8.90. The lowest BCUT2D eigenvalue weighted by Gasteiger charge is -2.19. The number of likely N-dealkylation sites (tertiary alicyclic amines) is 1. The molecule has 1 aromatic carbocycles. The van der Waals surface area contributed by atoms with Crippen molar-refractivity contribution in [3.05, 3.63) is 24.3 Å². The minimum absolute atomic E-state index is 0.0289. The van der Waals surface area contributed by atoms with Crippen LogP contribution in [0.25, 0.3) is 0 Å². The third-order valence-corrected chi connectivity index (χ3v) is 7.93. The molecule has 2 atom stereocenters. The van der Waals surface area contributed by atoms with Crippen LogP contribution in [0.2, 0.25) is 0 Å². The lowest BCUT2D eigenvalue weighted by atomic mass is 9.81. The van der Waals surface area contributed by atoms with Crippen LogP contribution in [0, 0.1) is 11.8 Å². The van der Waals surface area contributed by atoms with Crippen LogP contribution in [0.1, 0.15) is 57.8 Å². The summed E-state index contributed by atoms with van der Waals surface area (Å²) in [4.78, 5) is 43.1. The largest absolute Gasteiger partial charge is 0.326 e. The molecule has 2 heterocycles. The van der Waals surface area contributed by atoms with E-state index in [2.05, 4.69) is 15.0 Å². The first-order valence-corrected chi connectivity index (χ1v) is 13.1. The van der Waals surface area contributed by atoms with Crippen LogP contribution in [0.4, 0.5) is 5.69 Å². The Morgan fingerprint density at radius 3 is 2.48 bits per heavy atom. The smallest absolute Gasteiger partial charge is 0.262 e. The number of imide groups is 1. The molecule has 2 aliphatic heterocycles. The van der Waals surface area contributed by atoms with E-state index in [0.717, 1.165) is 44.9 Å². The minimum Gasteiger partial charge on any atom is -0.326 e. The maximum Gasteiger partial charge on any atom is 0.262 e. The van der Waals surface area contributed by atoms with Crippen molar-refractivity contribution >= 4 is 39.3 Å². The molecule has 9 nitrogen and oxygen atoms in total. The van der Waals surface area contributed by atoms with Gasteiger partial charge in [-0.2, -0.15) is 0 Å². The fourth-order valence-electron chi connectivity index (χ4n) is 4.80. The summed E-state index contributed by atoms with van der Waals surface area (Å²) in [5, 5.41) is 2.67. The number of hydrogen-bond donors (Lipinski definition) is 2. The van der Waals surface area contributed by atoms with E-state index >= 15 is 0 Å². The highest BCUT2D eigenvalue weighted by molar-refractivity contribution is 7.90. The number of fused-ring (bicyclic) bond motifs is 1. The Balaban J connectivity index is 1.35. The van der Waals surface area contributed by atoms with E-state index in [4.69, 9.17) is 0 Å². The normalized spacial score (nSPS) is 23.5. The van der Waals surface area contributed by atoms with Crippen LogP contribution in [0.15, 0.2) is 34.2 Å². The number of amidine groups is 1. The maximum absolute atomic E-state index is 12.8.